The van der Waals surface area contributed by atoms with Crippen LogP contribution < -0.4 is 23.8 Å². The number of hydrogen-bond donors (Lipinski definition) is 1. The highest BCUT2D eigenvalue weighted by molar-refractivity contribution is 7.93. The molecule has 2 heterocycles. The third-order valence-electron chi connectivity index (χ3n) is 8.51. The number of rotatable bonds is 8. The SMILES string of the molecule is CNC(=O)[C@@H]1C[C@H](F)C[N+]1(C)C1(c2ccccc2OC)C(=O)N(S(=O)(=O)c2ccc(OC)cc2OC)c2ccc(Cl)cc21. The second kappa shape index (κ2) is 11.0. The summed E-state index contributed by atoms with van der Waals surface area (Å²) in [5.41, 5.74) is -1.51. The number of nitrogens with one attached hydrogen (secondary N) is 1. The molecule has 0 aromatic heterocycles. The lowest BCUT2D eigenvalue weighted by Crippen LogP contribution is -2.69. The van der Waals surface area contributed by atoms with Crippen molar-refractivity contribution in [2.45, 2.75) is 29.1 Å². The number of likely N-dealkylation sites (N-methyl/N-ethyl adjacent to an activating group) is 2. The number of halogens is 2. The van der Waals surface area contributed by atoms with Crippen molar-refractivity contribution in [1.29, 1.82) is 0 Å². The van der Waals surface area contributed by atoms with Gasteiger partial charge in [0.25, 0.3) is 15.9 Å². The van der Waals surface area contributed by atoms with Gasteiger partial charge < -0.3 is 19.5 Å². The van der Waals surface area contributed by atoms with Gasteiger partial charge in [0.2, 0.25) is 5.54 Å². The minimum Gasteiger partial charge on any atom is -0.497 e. The van der Waals surface area contributed by atoms with Crippen LogP contribution in [0.2, 0.25) is 5.02 Å². The van der Waals surface area contributed by atoms with Crippen LogP contribution in [0.4, 0.5) is 10.1 Å². The lowest BCUT2D eigenvalue weighted by atomic mass is 9.78. The van der Waals surface area contributed by atoms with Crippen molar-refractivity contribution in [1.82, 2.24) is 5.32 Å². The van der Waals surface area contributed by atoms with E-state index in [9.17, 15) is 13.2 Å². The summed E-state index contributed by atoms with van der Waals surface area (Å²) < 4.78 is 61.2. The van der Waals surface area contributed by atoms with E-state index in [1.165, 1.54) is 64.8 Å². The largest absolute Gasteiger partial charge is 0.497 e. The van der Waals surface area contributed by atoms with Gasteiger partial charge in [-0.25, -0.2) is 12.8 Å². The van der Waals surface area contributed by atoms with Crippen LogP contribution in [0.15, 0.2) is 65.6 Å². The van der Waals surface area contributed by atoms with Gasteiger partial charge in [-0.15, -0.1) is 0 Å². The Bertz CT molecular complexity index is 1720. The van der Waals surface area contributed by atoms with Gasteiger partial charge in [0.1, 0.15) is 28.7 Å². The number of carbonyl (C=O) groups is 2. The molecule has 1 saturated heterocycles. The number of likely N-dealkylation sites (tertiary alicyclic amines) is 1. The van der Waals surface area contributed by atoms with Crippen molar-refractivity contribution in [2.75, 3.05) is 46.3 Å². The normalized spacial score (nSPS) is 24.9. The van der Waals surface area contributed by atoms with Crippen LogP contribution >= 0.6 is 11.6 Å². The number of hydrogen-bond acceptors (Lipinski definition) is 7. The summed E-state index contributed by atoms with van der Waals surface area (Å²) in [4.78, 5) is 28.3. The number of benzene rings is 3. The number of sulfonamides is 1. The average molecular weight is 633 g/mol. The Morgan fingerprint density at radius 3 is 2.37 bits per heavy atom. The van der Waals surface area contributed by atoms with Crippen molar-refractivity contribution in [3.63, 3.8) is 0 Å². The molecule has 43 heavy (non-hydrogen) atoms. The zero-order valence-corrected chi connectivity index (χ0v) is 25.8. The van der Waals surface area contributed by atoms with E-state index in [0.29, 0.717) is 10.1 Å². The molecule has 0 aliphatic carbocycles. The van der Waals surface area contributed by atoms with Crippen LogP contribution in [0, 0.1) is 0 Å². The number of ether oxygens (including phenoxy) is 3. The minimum atomic E-state index is -4.68. The van der Waals surface area contributed by atoms with Crippen LogP contribution in [0.3, 0.4) is 0 Å². The first-order valence-corrected chi connectivity index (χ1v) is 15.2. The number of amides is 2. The Labute approximate surface area is 254 Å². The zero-order chi connectivity index (χ0) is 31.3. The molecule has 228 valence electrons. The molecule has 2 unspecified atom stereocenters. The molecule has 0 radical (unpaired) electrons. The number of nitrogens with zero attached hydrogens (tertiary/aromatic N) is 2. The van der Waals surface area contributed by atoms with E-state index in [0.717, 1.165) is 0 Å². The number of alkyl halides is 1. The van der Waals surface area contributed by atoms with Crippen LogP contribution in [0.1, 0.15) is 17.5 Å². The van der Waals surface area contributed by atoms with Crippen molar-refractivity contribution < 1.29 is 41.1 Å². The monoisotopic (exact) mass is 632 g/mol. The fourth-order valence-electron chi connectivity index (χ4n) is 6.64. The Kier molecular flexibility index (Phi) is 7.82. The van der Waals surface area contributed by atoms with E-state index in [1.807, 2.05) is 0 Å². The highest BCUT2D eigenvalue weighted by Gasteiger charge is 2.72. The molecular formula is C30H32ClFN3O7S+. The maximum absolute atomic E-state index is 15.5. The average Bonchev–Trinajstić information content (AvgIpc) is 3.46. The lowest BCUT2D eigenvalue weighted by molar-refractivity contribution is -0.953. The Balaban J connectivity index is 1.90. The molecular weight excluding hydrogens is 601 g/mol. The highest BCUT2D eigenvalue weighted by Crippen LogP contribution is 2.58. The van der Waals surface area contributed by atoms with Crippen LogP contribution in [-0.4, -0.2) is 78.9 Å². The van der Waals surface area contributed by atoms with Gasteiger partial charge in [-0.1, -0.05) is 23.7 Å². The predicted octanol–water partition coefficient (Wildman–Crippen LogP) is 3.65. The summed E-state index contributed by atoms with van der Waals surface area (Å²) in [6.45, 7) is -0.270. The maximum atomic E-state index is 15.5. The second-order valence-corrected chi connectivity index (χ2v) is 12.8. The summed E-state index contributed by atoms with van der Waals surface area (Å²) >= 11 is 6.52. The van der Waals surface area contributed by atoms with Gasteiger partial charge in [0.15, 0.2) is 12.2 Å². The molecule has 2 amide bonds. The summed E-state index contributed by atoms with van der Waals surface area (Å²) in [5, 5.41) is 2.81. The van der Waals surface area contributed by atoms with Crippen LogP contribution in [0.25, 0.3) is 0 Å². The third-order valence-corrected chi connectivity index (χ3v) is 10.5. The van der Waals surface area contributed by atoms with Crippen LogP contribution in [-0.2, 0) is 25.2 Å². The molecule has 13 heteroatoms. The van der Waals surface area contributed by atoms with Crippen LogP contribution in [0.5, 0.6) is 17.2 Å². The van der Waals surface area contributed by atoms with Gasteiger partial charge in [0, 0.05) is 24.6 Å². The molecule has 0 bridgehead atoms. The number of methoxy groups -OCH3 is 3. The molecule has 3 aromatic carbocycles. The molecule has 0 saturated carbocycles. The Hall–Kier alpha value is -3.87. The third kappa shape index (κ3) is 4.34. The fraction of sp³-hybridized carbons (Fsp3) is 0.333. The molecule has 3 aromatic rings. The molecule has 4 atom stereocenters. The molecule has 2 aliphatic rings. The minimum absolute atomic E-state index is 0.00971. The second-order valence-electron chi connectivity index (χ2n) is 10.6. The van der Waals surface area contributed by atoms with E-state index >= 15 is 9.18 Å². The summed E-state index contributed by atoms with van der Waals surface area (Å²) in [6, 6.07) is 14.1. The number of anilines is 1. The summed E-state index contributed by atoms with van der Waals surface area (Å²) in [7, 11) is 2.50. The van der Waals surface area contributed by atoms with E-state index in [-0.39, 0.29) is 51.2 Å². The molecule has 1 fully saturated rings. The van der Waals surface area contributed by atoms with E-state index in [4.69, 9.17) is 25.8 Å². The van der Waals surface area contributed by atoms with Crippen molar-refractivity contribution in [3.05, 3.63) is 76.8 Å². The van der Waals surface area contributed by atoms with E-state index in [2.05, 4.69) is 5.32 Å². The lowest BCUT2D eigenvalue weighted by Gasteiger charge is -2.48. The number of fused-ring (bicyclic) bond motifs is 1. The summed E-state index contributed by atoms with van der Waals surface area (Å²) in [5.74, 6) is -0.868. The number of carbonyl (C=O) groups excluding carboxylic acids is 2. The van der Waals surface area contributed by atoms with E-state index in [1.54, 1.807) is 31.3 Å². The van der Waals surface area contributed by atoms with Crippen molar-refractivity contribution in [3.8, 4) is 17.2 Å². The van der Waals surface area contributed by atoms with Gasteiger partial charge in [-0.3, -0.25) is 14.1 Å². The first kappa shape index (κ1) is 30.6. The topological polar surface area (TPSA) is 111 Å². The van der Waals surface area contributed by atoms with Crippen molar-refractivity contribution in [2.24, 2.45) is 0 Å². The maximum Gasteiger partial charge on any atom is 0.312 e. The van der Waals surface area contributed by atoms with Gasteiger partial charge in [-0.05, 0) is 42.5 Å². The molecule has 2 aliphatic heterocycles. The first-order valence-electron chi connectivity index (χ1n) is 13.4. The number of para-hydroxylation sites is 1. The quantitative estimate of drug-likeness (QED) is 0.378. The van der Waals surface area contributed by atoms with Gasteiger partial charge in [0.05, 0.1) is 45.2 Å². The first-order chi connectivity index (χ1) is 20.4. The fourth-order valence-corrected chi connectivity index (χ4v) is 8.41. The zero-order valence-electron chi connectivity index (χ0n) is 24.3. The molecule has 0 spiro atoms. The Morgan fingerprint density at radius 2 is 1.72 bits per heavy atom. The molecule has 1 N–H and O–H groups in total. The summed E-state index contributed by atoms with van der Waals surface area (Å²) in [6.07, 6.45) is -1.66. The Morgan fingerprint density at radius 1 is 1.02 bits per heavy atom. The van der Waals surface area contributed by atoms with Gasteiger partial charge in [-0.2, -0.15) is 4.31 Å². The smallest absolute Gasteiger partial charge is 0.312 e. The predicted molar refractivity (Wildman–Crippen MR) is 158 cm³/mol. The standard InChI is InChI=1S/C30H31ClFN3O7S/c1-33-28(36)24-15-19(32)17-35(24,2)30(21-8-6-7-9-25(21)41-4)22-14-18(31)10-12-23(22)34(29(30)37)43(38,39)27-13-11-20(40-3)16-26(27)42-5/h6-14,16,19,24H,15,17H2,1-5H3/p+1/t19-,24-,30?,35?/m0/s1. The number of quaternary nitrogens is 1. The van der Waals surface area contributed by atoms with Crippen molar-refractivity contribution >= 4 is 39.1 Å². The molecule has 10 nitrogen and oxygen atoms in total. The van der Waals surface area contributed by atoms with Gasteiger partial charge >= 0.3 is 5.91 Å². The molecule has 5 rings (SSSR count). The highest BCUT2D eigenvalue weighted by atomic mass is 35.5. The van der Waals surface area contributed by atoms with E-state index < -0.39 is 44.1 Å².